The van der Waals surface area contributed by atoms with Crippen LogP contribution >= 0.6 is 0 Å². The summed E-state index contributed by atoms with van der Waals surface area (Å²) in [6.07, 6.45) is 4.34. The number of hydrogen-bond donors (Lipinski definition) is 1. The third-order valence-electron chi connectivity index (χ3n) is 3.81. The Balaban J connectivity index is 1.98. The molecule has 92 valence electrons. The maximum atomic E-state index is 4.37. The Hall–Kier alpha value is -1.67. The molecular weight excluding hydrogens is 220 g/mol. The average Bonchev–Trinajstić information content (AvgIpc) is 2.81. The zero-order valence-corrected chi connectivity index (χ0v) is 10.9. The summed E-state index contributed by atoms with van der Waals surface area (Å²) in [5.74, 6) is 0. The fourth-order valence-corrected chi connectivity index (χ4v) is 2.74. The lowest BCUT2D eigenvalue weighted by Crippen LogP contribution is -2.12. The summed E-state index contributed by atoms with van der Waals surface area (Å²) < 4.78 is 0. The lowest BCUT2D eigenvalue weighted by atomic mass is 10.0. The number of aryl methyl sites for hydroxylation is 2. The van der Waals surface area contributed by atoms with Crippen molar-refractivity contribution in [1.82, 2.24) is 10.3 Å². The Labute approximate surface area is 108 Å². The summed E-state index contributed by atoms with van der Waals surface area (Å²) in [4.78, 5) is 4.37. The highest BCUT2D eigenvalue weighted by Gasteiger charge is 2.20. The number of hydrogen-bond acceptors (Lipinski definition) is 2. The molecule has 1 atom stereocenters. The van der Waals surface area contributed by atoms with Crippen molar-refractivity contribution in [3.05, 3.63) is 53.3 Å². The number of nitrogens with one attached hydrogen (secondary N) is 1. The molecule has 1 N–H and O–H groups in total. The minimum atomic E-state index is 0.533. The topological polar surface area (TPSA) is 24.9 Å². The number of rotatable bonds is 2. The van der Waals surface area contributed by atoms with Gasteiger partial charge in [-0.1, -0.05) is 24.3 Å². The van der Waals surface area contributed by atoms with Gasteiger partial charge in [-0.2, -0.15) is 0 Å². The van der Waals surface area contributed by atoms with Crippen LogP contribution in [0.3, 0.4) is 0 Å². The number of pyridine rings is 1. The Morgan fingerprint density at radius 1 is 1.17 bits per heavy atom. The summed E-state index contributed by atoms with van der Waals surface area (Å²) in [6.45, 7) is 2.02. The molecular formula is C16H18N2. The molecule has 0 fully saturated rings. The highest BCUT2D eigenvalue weighted by molar-refractivity contribution is 5.64. The monoisotopic (exact) mass is 238 g/mol. The van der Waals surface area contributed by atoms with Crippen molar-refractivity contribution in [3.63, 3.8) is 0 Å². The summed E-state index contributed by atoms with van der Waals surface area (Å²) in [5.41, 5.74) is 6.48. The van der Waals surface area contributed by atoms with Gasteiger partial charge in [0.2, 0.25) is 0 Å². The van der Waals surface area contributed by atoms with Gasteiger partial charge in [0.1, 0.15) is 0 Å². The Bertz CT molecular complexity index is 558. The van der Waals surface area contributed by atoms with Crippen molar-refractivity contribution in [2.45, 2.75) is 25.8 Å². The quantitative estimate of drug-likeness (QED) is 0.868. The fourth-order valence-electron chi connectivity index (χ4n) is 2.74. The second-order valence-electron chi connectivity index (χ2n) is 4.98. The van der Waals surface area contributed by atoms with Gasteiger partial charge in [0.05, 0.1) is 0 Å². The van der Waals surface area contributed by atoms with Gasteiger partial charge in [-0.25, -0.2) is 0 Å². The third-order valence-corrected chi connectivity index (χ3v) is 3.81. The van der Waals surface area contributed by atoms with Gasteiger partial charge >= 0.3 is 0 Å². The van der Waals surface area contributed by atoms with Crippen LogP contribution in [0.5, 0.6) is 0 Å². The van der Waals surface area contributed by atoms with E-state index in [1.165, 1.54) is 35.1 Å². The number of aromatic nitrogens is 1. The molecule has 2 aromatic rings. The molecule has 2 nitrogen and oxygen atoms in total. The van der Waals surface area contributed by atoms with Crippen LogP contribution in [0.1, 0.15) is 29.3 Å². The maximum absolute atomic E-state index is 4.37. The van der Waals surface area contributed by atoms with Crippen LogP contribution in [-0.2, 0) is 6.42 Å². The van der Waals surface area contributed by atoms with Crippen molar-refractivity contribution in [2.24, 2.45) is 0 Å². The smallest absolute Gasteiger partial charge is 0.0373 e. The highest BCUT2D eigenvalue weighted by Crippen LogP contribution is 2.33. The van der Waals surface area contributed by atoms with Crippen LogP contribution in [0, 0.1) is 6.92 Å². The normalized spacial score (nSPS) is 17.8. The number of fused-ring (bicyclic) bond motifs is 1. The van der Waals surface area contributed by atoms with Crippen LogP contribution in [0.2, 0.25) is 0 Å². The Kier molecular flexibility index (Phi) is 2.88. The largest absolute Gasteiger partial charge is 0.313 e. The van der Waals surface area contributed by atoms with E-state index in [-0.39, 0.29) is 0 Å². The van der Waals surface area contributed by atoms with E-state index in [0.29, 0.717) is 6.04 Å². The molecule has 0 saturated carbocycles. The second kappa shape index (κ2) is 4.54. The van der Waals surface area contributed by atoms with Crippen molar-refractivity contribution >= 4 is 0 Å². The van der Waals surface area contributed by atoms with Gasteiger partial charge in [0, 0.05) is 23.5 Å². The van der Waals surface area contributed by atoms with Crippen LogP contribution in [0.15, 0.2) is 36.5 Å². The Morgan fingerprint density at radius 2 is 2.00 bits per heavy atom. The van der Waals surface area contributed by atoms with Crippen LogP contribution < -0.4 is 5.32 Å². The number of benzene rings is 1. The maximum Gasteiger partial charge on any atom is 0.0373 e. The van der Waals surface area contributed by atoms with E-state index < -0.39 is 0 Å². The predicted molar refractivity (Wildman–Crippen MR) is 74.5 cm³/mol. The van der Waals surface area contributed by atoms with Crippen LogP contribution in [0.4, 0.5) is 0 Å². The van der Waals surface area contributed by atoms with Crippen LogP contribution in [-0.4, -0.2) is 12.0 Å². The van der Waals surface area contributed by atoms with E-state index >= 15 is 0 Å². The minimum absolute atomic E-state index is 0.533. The van der Waals surface area contributed by atoms with Gasteiger partial charge in [-0.3, -0.25) is 4.98 Å². The zero-order chi connectivity index (χ0) is 12.5. The molecule has 1 heterocycles. The molecule has 0 amide bonds. The van der Waals surface area contributed by atoms with E-state index in [9.17, 15) is 0 Å². The van der Waals surface area contributed by atoms with Gasteiger partial charge in [0.15, 0.2) is 0 Å². The molecule has 0 saturated heterocycles. The average molecular weight is 238 g/mol. The summed E-state index contributed by atoms with van der Waals surface area (Å²) in [6, 6.07) is 11.5. The molecule has 1 aliphatic carbocycles. The molecule has 1 aromatic carbocycles. The second-order valence-corrected chi connectivity index (χ2v) is 4.98. The van der Waals surface area contributed by atoms with Crippen molar-refractivity contribution < 1.29 is 0 Å². The van der Waals surface area contributed by atoms with E-state index in [1.54, 1.807) is 0 Å². The van der Waals surface area contributed by atoms with Gasteiger partial charge in [-0.05, 0) is 49.6 Å². The first-order chi connectivity index (χ1) is 8.78. The summed E-state index contributed by atoms with van der Waals surface area (Å²) >= 11 is 0. The van der Waals surface area contributed by atoms with Crippen LogP contribution in [0.25, 0.3) is 11.1 Å². The molecule has 0 aliphatic heterocycles. The molecule has 1 aliphatic rings. The molecule has 0 radical (unpaired) electrons. The van der Waals surface area contributed by atoms with Gasteiger partial charge < -0.3 is 5.32 Å². The first-order valence-corrected chi connectivity index (χ1v) is 6.51. The van der Waals surface area contributed by atoms with Gasteiger partial charge in [0.25, 0.3) is 0 Å². The summed E-state index contributed by atoms with van der Waals surface area (Å²) in [7, 11) is 2.04. The zero-order valence-electron chi connectivity index (χ0n) is 10.9. The van der Waals surface area contributed by atoms with E-state index in [4.69, 9.17) is 0 Å². The predicted octanol–water partition coefficient (Wildman–Crippen LogP) is 3.26. The lowest BCUT2D eigenvalue weighted by Gasteiger charge is -2.10. The minimum Gasteiger partial charge on any atom is -0.313 e. The first kappa shape index (κ1) is 11.4. The van der Waals surface area contributed by atoms with Crippen molar-refractivity contribution in [1.29, 1.82) is 0 Å². The first-order valence-electron chi connectivity index (χ1n) is 6.51. The molecule has 0 spiro atoms. The SMILES string of the molecule is CNC1CCc2cc(-c3ccc(C)nc3)ccc21. The molecule has 0 bridgehead atoms. The lowest BCUT2D eigenvalue weighted by molar-refractivity contribution is 0.590. The summed E-state index contributed by atoms with van der Waals surface area (Å²) in [5, 5.41) is 3.37. The van der Waals surface area contributed by atoms with E-state index in [0.717, 1.165) is 5.69 Å². The standard InChI is InChI=1S/C16H18N2/c1-11-3-4-14(10-18-11)12-5-7-15-13(9-12)6-8-16(15)17-2/h3-5,7,9-10,16-17H,6,8H2,1-2H3. The van der Waals surface area contributed by atoms with Crippen molar-refractivity contribution in [3.8, 4) is 11.1 Å². The Morgan fingerprint density at radius 3 is 2.72 bits per heavy atom. The highest BCUT2D eigenvalue weighted by atomic mass is 14.9. The van der Waals surface area contributed by atoms with Crippen molar-refractivity contribution in [2.75, 3.05) is 7.05 Å². The number of nitrogens with zero attached hydrogens (tertiary/aromatic N) is 1. The van der Waals surface area contributed by atoms with Gasteiger partial charge in [-0.15, -0.1) is 0 Å². The molecule has 18 heavy (non-hydrogen) atoms. The molecule has 1 aromatic heterocycles. The van der Waals surface area contributed by atoms with E-state index in [2.05, 4.69) is 40.6 Å². The molecule has 2 heteroatoms. The third kappa shape index (κ3) is 1.93. The molecule has 3 rings (SSSR count). The fraction of sp³-hybridized carbons (Fsp3) is 0.312. The molecule has 1 unspecified atom stereocenters. The van der Waals surface area contributed by atoms with E-state index in [1.807, 2.05) is 20.2 Å².